The van der Waals surface area contributed by atoms with Gasteiger partial charge in [-0.1, -0.05) is 5.16 Å². The molecule has 0 saturated carbocycles. The van der Waals surface area contributed by atoms with Crippen LogP contribution in [-0.4, -0.2) is 21.5 Å². The number of aliphatic hydroxyl groups excluding tert-OH is 1. The average Bonchev–Trinajstić information content (AvgIpc) is 2.77. The van der Waals surface area contributed by atoms with E-state index in [0.29, 0.717) is 10.5 Å². The maximum Gasteiger partial charge on any atom is 0.252 e. The van der Waals surface area contributed by atoms with Crippen LogP contribution in [0, 0.1) is 5.82 Å². The number of aliphatic hydroxyl groups is 1. The van der Waals surface area contributed by atoms with Crippen molar-refractivity contribution in [1.82, 2.24) is 10.1 Å². The third-order valence-electron chi connectivity index (χ3n) is 2.01. The van der Waals surface area contributed by atoms with Gasteiger partial charge < -0.3 is 9.63 Å². The Hall–Kier alpha value is -1.40. The van der Waals surface area contributed by atoms with E-state index in [4.69, 9.17) is 9.63 Å². The van der Waals surface area contributed by atoms with E-state index in [0.717, 1.165) is 0 Å². The summed E-state index contributed by atoms with van der Waals surface area (Å²) in [5.74, 6) is 0.0697. The van der Waals surface area contributed by atoms with Gasteiger partial charge in [0.1, 0.15) is 12.4 Å². The van der Waals surface area contributed by atoms with Crippen LogP contribution in [0.15, 0.2) is 27.6 Å². The molecule has 84 valence electrons. The summed E-state index contributed by atoms with van der Waals surface area (Å²) in [6.45, 7) is -0.321. The smallest absolute Gasteiger partial charge is 0.252 e. The predicted octanol–water partition coefficient (Wildman–Crippen LogP) is 2.09. The van der Waals surface area contributed by atoms with Gasteiger partial charge in [0.05, 0.1) is 0 Å². The van der Waals surface area contributed by atoms with E-state index in [1.54, 1.807) is 18.4 Å². The molecule has 1 N–H and O–H groups in total. The van der Waals surface area contributed by atoms with Crippen LogP contribution in [0.3, 0.4) is 0 Å². The molecule has 0 radical (unpaired) electrons. The van der Waals surface area contributed by atoms with E-state index in [2.05, 4.69) is 10.1 Å². The van der Waals surface area contributed by atoms with E-state index < -0.39 is 0 Å². The number of rotatable bonds is 3. The van der Waals surface area contributed by atoms with Crippen LogP contribution in [0.4, 0.5) is 4.39 Å². The molecule has 0 fully saturated rings. The van der Waals surface area contributed by atoms with Crippen LogP contribution in [0.5, 0.6) is 0 Å². The molecule has 0 aliphatic heterocycles. The average molecular weight is 240 g/mol. The molecule has 1 aromatic heterocycles. The van der Waals surface area contributed by atoms with Crippen LogP contribution in [-0.2, 0) is 6.61 Å². The van der Waals surface area contributed by atoms with Crippen molar-refractivity contribution in [2.75, 3.05) is 6.26 Å². The molecule has 16 heavy (non-hydrogen) atoms. The van der Waals surface area contributed by atoms with Crippen LogP contribution < -0.4 is 0 Å². The Kier molecular flexibility index (Phi) is 3.21. The minimum atomic E-state index is -0.321. The van der Waals surface area contributed by atoms with Crippen molar-refractivity contribution in [3.63, 3.8) is 0 Å². The minimum absolute atomic E-state index is 0.115. The van der Waals surface area contributed by atoms with Crippen molar-refractivity contribution in [2.45, 2.75) is 11.5 Å². The lowest BCUT2D eigenvalue weighted by Crippen LogP contribution is -1.86. The molecule has 0 bridgehead atoms. The molecule has 4 nitrogen and oxygen atoms in total. The molecule has 0 unspecified atom stereocenters. The first-order chi connectivity index (χ1) is 7.74. The minimum Gasteiger partial charge on any atom is -0.387 e. The van der Waals surface area contributed by atoms with Crippen molar-refractivity contribution in [3.8, 4) is 11.4 Å². The number of aromatic nitrogens is 2. The molecule has 0 aliphatic carbocycles. The third-order valence-corrected chi connectivity index (χ3v) is 2.78. The van der Waals surface area contributed by atoms with Crippen LogP contribution in [0.2, 0.25) is 0 Å². The summed E-state index contributed by atoms with van der Waals surface area (Å²) in [4.78, 5) is 4.46. The second kappa shape index (κ2) is 4.63. The Morgan fingerprint density at radius 3 is 2.88 bits per heavy atom. The SMILES string of the molecule is CSc1ccc(-c2noc(CO)n2)cc1F. The Bertz CT molecular complexity index is 501. The lowest BCUT2D eigenvalue weighted by Gasteiger charge is -1.99. The number of halogens is 1. The van der Waals surface area contributed by atoms with Crippen molar-refractivity contribution in [2.24, 2.45) is 0 Å². The van der Waals surface area contributed by atoms with E-state index in [9.17, 15) is 4.39 Å². The maximum atomic E-state index is 13.5. The van der Waals surface area contributed by atoms with Crippen LogP contribution in [0.1, 0.15) is 5.89 Å². The molecule has 1 aromatic carbocycles. The van der Waals surface area contributed by atoms with Gasteiger partial charge in [-0.3, -0.25) is 0 Å². The fraction of sp³-hybridized carbons (Fsp3) is 0.200. The number of hydrogen-bond donors (Lipinski definition) is 1. The van der Waals surface area contributed by atoms with E-state index in [-0.39, 0.29) is 24.1 Å². The first-order valence-corrected chi connectivity index (χ1v) is 5.74. The monoisotopic (exact) mass is 240 g/mol. The molecule has 0 spiro atoms. The maximum absolute atomic E-state index is 13.5. The van der Waals surface area contributed by atoms with Gasteiger partial charge in [-0.2, -0.15) is 4.98 Å². The van der Waals surface area contributed by atoms with Gasteiger partial charge in [0.25, 0.3) is 5.89 Å². The molecule has 0 amide bonds. The van der Waals surface area contributed by atoms with E-state index >= 15 is 0 Å². The highest BCUT2D eigenvalue weighted by atomic mass is 32.2. The Morgan fingerprint density at radius 2 is 2.31 bits per heavy atom. The lowest BCUT2D eigenvalue weighted by atomic mass is 10.2. The Balaban J connectivity index is 2.37. The van der Waals surface area contributed by atoms with E-state index in [1.165, 1.54) is 17.8 Å². The molecule has 6 heteroatoms. The van der Waals surface area contributed by atoms with Crippen LogP contribution >= 0.6 is 11.8 Å². The van der Waals surface area contributed by atoms with Gasteiger partial charge >= 0.3 is 0 Å². The highest BCUT2D eigenvalue weighted by molar-refractivity contribution is 7.98. The summed E-state index contributed by atoms with van der Waals surface area (Å²) in [6.07, 6.45) is 1.80. The van der Waals surface area contributed by atoms with Crippen molar-refractivity contribution < 1.29 is 14.0 Å². The zero-order valence-corrected chi connectivity index (χ0v) is 9.29. The lowest BCUT2D eigenvalue weighted by molar-refractivity contribution is 0.222. The largest absolute Gasteiger partial charge is 0.387 e. The standard InChI is InChI=1S/C10H9FN2O2S/c1-16-8-3-2-6(4-7(8)11)10-12-9(5-14)15-13-10/h2-4,14H,5H2,1H3. The highest BCUT2D eigenvalue weighted by Crippen LogP contribution is 2.24. The first kappa shape index (κ1) is 11.1. The second-order valence-corrected chi connectivity index (χ2v) is 3.87. The van der Waals surface area contributed by atoms with Gasteiger partial charge in [0.15, 0.2) is 0 Å². The normalized spacial score (nSPS) is 10.7. The fourth-order valence-electron chi connectivity index (χ4n) is 1.24. The molecule has 0 saturated heterocycles. The van der Waals surface area contributed by atoms with E-state index in [1.807, 2.05) is 0 Å². The van der Waals surface area contributed by atoms with Gasteiger partial charge in [-0.05, 0) is 24.5 Å². The van der Waals surface area contributed by atoms with Gasteiger partial charge in [0.2, 0.25) is 5.82 Å². The number of thioether (sulfide) groups is 1. The highest BCUT2D eigenvalue weighted by Gasteiger charge is 2.10. The molecular weight excluding hydrogens is 231 g/mol. The summed E-state index contributed by atoms with van der Waals surface area (Å²) in [6, 6.07) is 4.71. The van der Waals surface area contributed by atoms with Gasteiger partial charge in [0, 0.05) is 10.5 Å². The second-order valence-electron chi connectivity index (χ2n) is 3.02. The zero-order valence-electron chi connectivity index (χ0n) is 8.48. The molecule has 0 aliphatic rings. The number of hydrogen-bond acceptors (Lipinski definition) is 5. The Morgan fingerprint density at radius 1 is 1.50 bits per heavy atom. The van der Waals surface area contributed by atoms with Crippen molar-refractivity contribution in [3.05, 3.63) is 29.9 Å². The molecule has 2 aromatic rings. The van der Waals surface area contributed by atoms with Crippen LogP contribution in [0.25, 0.3) is 11.4 Å². The Labute approximate surface area is 95.5 Å². The third kappa shape index (κ3) is 2.07. The molecule has 1 heterocycles. The van der Waals surface area contributed by atoms with Crippen molar-refractivity contribution in [1.29, 1.82) is 0 Å². The molecular formula is C10H9FN2O2S. The van der Waals surface area contributed by atoms with Gasteiger partial charge in [-0.15, -0.1) is 11.8 Å². The molecule has 0 atom stereocenters. The zero-order chi connectivity index (χ0) is 11.5. The summed E-state index contributed by atoms with van der Waals surface area (Å²) >= 11 is 1.33. The topological polar surface area (TPSA) is 59.2 Å². The number of benzene rings is 1. The van der Waals surface area contributed by atoms with Crippen molar-refractivity contribution >= 4 is 11.8 Å². The quantitative estimate of drug-likeness (QED) is 0.832. The predicted molar refractivity (Wildman–Crippen MR) is 57.4 cm³/mol. The number of nitrogens with zero attached hydrogens (tertiary/aromatic N) is 2. The summed E-state index contributed by atoms with van der Waals surface area (Å²) in [5, 5.41) is 12.4. The summed E-state index contributed by atoms with van der Waals surface area (Å²) in [7, 11) is 0. The first-order valence-electron chi connectivity index (χ1n) is 4.52. The molecule has 2 rings (SSSR count). The summed E-state index contributed by atoms with van der Waals surface area (Å²) < 4.78 is 18.2. The summed E-state index contributed by atoms with van der Waals surface area (Å²) in [5.41, 5.74) is 0.527. The fourth-order valence-corrected chi connectivity index (χ4v) is 1.70. The van der Waals surface area contributed by atoms with Gasteiger partial charge in [-0.25, -0.2) is 4.39 Å².